The summed E-state index contributed by atoms with van der Waals surface area (Å²) < 4.78 is 1.59. The molecule has 0 bridgehead atoms. The minimum Gasteiger partial charge on any atom is -0.481 e. The van der Waals surface area contributed by atoms with E-state index in [0.29, 0.717) is 16.9 Å². The van der Waals surface area contributed by atoms with E-state index < -0.39 is 5.97 Å². The Bertz CT molecular complexity index is 490. The maximum absolute atomic E-state index is 10.6. The number of hydrogen-bond donors (Lipinski definition) is 1. The fraction of sp³-hybridized carbons (Fsp3) is 0.222. The first kappa shape index (κ1) is 8.68. The summed E-state index contributed by atoms with van der Waals surface area (Å²) in [5.41, 5.74) is 2.01. The Morgan fingerprint density at radius 3 is 3.14 bits per heavy atom. The molecule has 0 amide bonds. The zero-order valence-electron chi connectivity index (χ0n) is 7.64. The Morgan fingerprint density at radius 1 is 1.64 bits per heavy atom. The predicted molar refractivity (Wildman–Crippen MR) is 49.1 cm³/mol. The van der Waals surface area contributed by atoms with Crippen LogP contribution in [0.1, 0.15) is 11.3 Å². The van der Waals surface area contributed by atoms with Crippen LogP contribution in [0.3, 0.4) is 0 Å². The first-order valence-electron chi connectivity index (χ1n) is 4.19. The highest BCUT2D eigenvalue weighted by atomic mass is 16.4. The molecular weight excluding hydrogens is 182 g/mol. The molecule has 0 saturated heterocycles. The maximum Gasteiger partial charge on any atom is 0.308 e. The molecule has 5 heteroatoms. The Balaban J connectivity index is 2.62. The third-order valence-corrected chi connectivity index (χ3v) is 2.02. The number of nitrogens with zero attached hydrogens (tertiary/aromatic N) is 3. The average Bonchev–Trinajstić information content (AvgIpc) is 2.43. The van der Waals surface area contributed by atoms with E-state index in [1.54, 1.807) is 29.9 Å². The van der Waals surface area contributed by atoms with Crippen molar-refractivity contribution in [1.29, 1.82) is 0 Å². The largest absolute Gasteiger partial charge is 0.481 e. The highest BCUT2D eigenvalue weighted by molar-refractivity contribution is 5.73. The van der Waals surface area contributed by atoms with Crippen LogP contribution in [0, 0.1) is 6.92 Å². The number of carboxylic acids is 1. The van der Waals surface area contributed by atoms with Gasteiger partial charge in [0, 0.05) is 18.0 Å². The van der Waals surface area contributed by atoms with E-state index in [1.165, 1.54) is 0 Å². The first-order valence-corrected chi connectivity index (χ1v) is 4.19. The number of aliphatic carboxylic acids is 1. The van der Waals surface area contributed by atoms with Crippen molar-refractivity contribution >= 4 is 11.6 Å². The van der Waals surface area contributed by atoms with E-state index in [2.05, 4.69) is 10.1 Å². The predicted octanol–water partition coefficient (Wildman–Crippen LogP) is 0.665. The number of rotatable bonds is 2. The van der Waals surface area contributed by atoms with Crippen molar-refractivity contribution in [3.05, 3.63) is 29.7 Å². The van der Waals surface area contributed by atoms with Crippen LogP contribution in [0.15, 0.2) is 18.5 Å². The Morgan fingerprint density at radius 2 is 2.43 bits per heavy atom. The van der Waals surface area contributed by atoms with Gasteiger partial charge in [-0.3, -0.25) is 4.79 Å². The summed E-state index contributed by atoms with van der Waals surface area (Å²) in [5, 5.41) is 12.9. The second kappa shape index (κ2) is 3.10. The molecule has 0 aliphatic rings. The van der Waals surface area contributed by atoms with Crippen LogP contribution in [-0.2, 0) is 11.2 Å². The molecule has 0 aromatic carbocycles. The van der Waals surface area contributed by atoms with E-state index in [4.69, 9.17) is 5.11 Å². The van der Waals surface area contributed by atoms with E-state index >= 15 is 0 Å². The molecule has 2 rings (SSSR count). The lowest BCUT2D eigenvalue weighted by Gasteiger charge is -1.93. The van der Waals surface area contributed by atoms with E-state index in [1.807, 2.05) is 0 Å². The Labute approximate surface area is 80.0 Å². The molecule has 0 fully saturated rings. The summed E-state index contributed by atoms with van der Waals surface area (Å²) in [5.74, 6) is -0.867. The van der Waals surface area contributed by atoms with Gasteiger partial charge in [0.2, 0.25) is 0 Å². The summed E-state index contributed by atoms with van der Waals surface area (Å²) in [7, 11) is 0. The van der Waals surface area contributed by atoms with E-state index in [-0.39, 0.29) is 6.42 Å². The molecule has 0 aliphatic carbocycles. The highest BCUT2D eigenvalue weighted by Crippen LogP contribution is 2.12. The molecule has 0 saturated carbocycles. The molecule has 72 valence electrons. The Hall–Kier alpha value is -1.91. The normalized spacial score (nSPS) is 10.6. The lowest BCUT2D eigenvalue weighted by Crippen LogP contribution is -2.01. The molecule has 1 N–H and O–H groups in total. The van der Waals surface area contributed by atoms with Crippen molar-refractivity contribution in [2.75, 3.05) is 0 Å². The van der Waals surface area contributed by atoms with Gasteiger partial charge in [0.1, 0.15) is 0 Å². The second-order valence-corrected chi connectivity index (χ2v) is 3.02. The van der Waals surface area contributed by atoms with Gasteiger partial charge in [-0.05, 0) is 13.0 Å². The molecule has 2 aromatic heterocycles. The zero-order valence-corrected chi connectivity index (χ0v) is 7.64. The maximum atomic E-state index is 10.6. The van der Waals surface area contributed by atoms with Gasteiger partial charge in [0.05, 0.1) is 12.1 Å². The number of fused-ring (bicyclic) bond motifs is 1. The molecule has 2 heterocycles. The van der Waals surface area contributed by atoms with Crippen LogP contribution in [-0.4, -0.2) is 25.7 Å². The highest BCUT2D eigenvalue weighted by Gasteiger charge is 2.12. The number of hydrogen-bond acceptors (Lipinski definition) is 3. The van der Waals surface area contributed by atoms with Crippen LogP contribution in [0.25, 0.3) is 5.65 Å². The number of aromatic nitrogens is 3. The molecule has 5 nitrogen and oxygen atoms in total. The fourth-order valence-electron chi connectivity index (χ4n) is 1.40. The topological polar surface area (TPSA) is 67.5 Å². The van der Waals surface area contributed by atoms with Gasteiger partial charge in [0.15, 0.2) is 5.65 Å². The minimum absolute atomic E-state index is 0.0354. The van der Waals surface area contributed by atoms with Gasteiger partial charge >= 0.3 is 5.97 Å². The van der Waals surface area contributed by atoms with Crippen molar-refractivity contribution in [1.82, 2.24) is 14.6 Å². The average molecular weight is 191 g/mol. The standard InChI is InChI=1S/C9H9N3O2/c1-6-7(5-8(13)14)9-10-3-2-4-12(9)11-6/h2-4H,5H2,1H3,(H,13,14). The van der Waals surface area contributed by atoms with Crippen molar-refractivity contribution in [2.24, 2.45) is 0 Å². The molecule has 2 aromatic rings. The van der Waals surface area contributed by atoms with Crippen molar-refractivity contribution < 1.29 is 9.90 Å². The molecule has 0 radical (unpaired) electrons. The van der Waals surface area contributed by atoms with Crippen LogP contribution < -0.4 is 0 Å². The monoisotopic (exact) mass is 191 g/mol. The summed E-state index contributed by atoms with van der Waals surface area (Å²) >= 11 is 0. The van der Waals surface area contributed by atoms with Gasteiger partial charge < -0.3 is 5.11 Å². The quantitative estimate of drug-likeness (QED) is 0.757. The Kier molecular flexibility index (Phi) is 1.92. The lowest BCUT2D eigenvalue weighted by molar-refractivity contribution is -0.136. The van der Waals surface area contributed by atoms with Gasteiger partial charge in [-0.2, -0.15) is 5.10 Å². The fourth-order valence-corrected chi connectivity index (χ4v) is 1.40. The summed E-state index contributed by atoms with van der Waals surface area (Å²) in [6.07, 6.45) is 3.34. The van der Waals surface area contributed by atoms with E-state index in [0.717, 1.165) is 0 Å². The van der Waals surface area contributed by atoms with Crippen molar-refractivity contribution in [3.8, 4) is 0 Å². The van der Waals surface area contributed by atoms with Crippen molar-refractivity contribution in [3.63, 3.8) is 0 Å². The smallest absolute Gasteiger partial charge is 0.308 e. The molecule has 0 spiro atoms. The molecule has 0 atom stereocenters. The SMILES string of the molecule is Cc1nn2cccnc2c1CC(=O)O. The summed E-state index contributed by atoms with van der Waals surface area (Å²) in [6.45, 7) is 1.78. The third-order valence-electron chi connectivity index (χ3n) is 2.02. The van der Waals surface area contributed by atoms with Crippen LogP contribution in [0.5, 0.6) is 0 Å². The third kappa shape index (κ3) is 1.32. The van der Waals surface area contributed by atoms with Crippen molar-refractivity contribution in [2.45, 2.75) is 13.3 Å². The second-order valence-electron chi connectivity index (χ2n) is 3.02. The van der Waals surface area contributed by atoms with Gasteiger partial charge in [-0.1, -0.05) is 0 Å². The molecule has 0 unspecified atom stereocenters. The van der Waals surface area contributed by atoms with Crippen LogP contribution in [0.2, 0.25) is 0 Å². The summed E-state index contributed by atoms with van der Waals surface area (Å²) in [4.78, 5) is 14.7. The van der Waals surface area contributed by atoms with Crippen LogP contribution >= 0.6 is 0 Å². The molecule has 0 aliphatic heterocycles. The van der Waals surface area contributed by atoms with Crippen LogP contribution in [0.4, 0.5) is 0 Å². The minimum atomic E-state index is -0.867. The van der Waals surface area contributed by atoms with Gasteiger partial charge in [-0.25, -0.2) is 9.50 Å². The zero-order chi connectivity index (χ0) is 10.1. The molecule has 14 heavy (non-hydrogen) atoms. The van der Waals surface area contributed by atoms with Gasteiger partial charge in [0.25, 0.3) is 0 Å². The lowest BCUT2D eigenvalue weighted by atomic mass is 10.2. The number of carboxylic acid groups (broad SMARTS) is 1. The summed E-state index contributed by atoms with van der Waals surface area (Å²) in [6, 6.07) is 1.75. The number of carbonyl (C=O) groups is 1. The van der Waals surface area contributed by atoms with Gasteiger partial charge in [-0.15, -0.1) is 0 Å². The number of aryl methyl sites for hydroxylation is 1. The van der Waals surface area contributed by atoms with E-state index in [9.17, 15) is 4.79 Å². The first-order chi connectivity index (χ1) is 6.68. The molecular formula is C9H9N3O2.